The molecule has 2 aliphatic rings. The minimum absolute atomic E-state index is 0.0105. The summed E-state index contributed by atoms with van der Waals surface area (Å²) >= 11 is 0. The van der Waals surface area contributed by atoms with Crippen molar-refractivity contribution in [1.29, 1.82) is 5.26 Å². The molecule has 2 fully saturated rings. The van der Waals surface area contributed by atoms with Crippen LogP contribution in [0.4, 0.5) is 30.6 Å². The molecule has 2 aliphatic carbocycles. The van der Waals surface area contributed by atoms with Gasteiger partial charge in [0.15, 0.2) is 0 Å². The van der Waals surface area contributed by atoms with E-state index in [-0.39, 0.29) is 17.8 Å². The minimum Gasteiger partial charge on any atom is -0.370 e. The summed E-state index contributed by atoms with van der Waals surface area (Å²) in [6, 6.07) is 2.32. The van der Waals surface area contributed by atoms with Crippen LogP contribution in [0.5, 0.6) is 0 Å². The van der Waals surface area contributed by atoms with Crippen molar-refractivity contribution < 1.29 is 13.2 Å². The molecule has 2 saturated carbocycles. The molecule has 0 radical (unpaired) electrons. The molecule has 0 aliphatic heterocycles. The van der Waals surface area contributed by atoms with E-state index >= 15 is 0 Å². The van der Waals surface area contributed by atoms with Gasteiger partial charge < -0.3 is 10.6 Å². The lowest BCUT2D eigenvalue weighted by Gasteiger charge is -2.13. The van der Waals surface area contributed by atoms with Crippen LogP contribution >= 0.6 is 0 Å². The first-order chi connectivity index (χ1) is 13.2. The molecular weight excluding hydrogens is 371 g/mol. The molecule has 2 heterocycles. The van der Waals surface area contributed by atoms with Gasteiger partial charge in [0.1, 0.15) is 11.4 Å². The second kappa shape index (κ2) is 6.36. The number of hydrogen-bond donors (Lipinski definition) is 2. The summed E-state index contributed by atoms with van der Waals surface area (Å²) in [5.41, 5.74) is 0.200. The topological polar surface area (TPSA) is 91.5 Å². The second-order valence-corrected chi connectivity index (χ2v) is 7.54. The van der Waals surface area contributed by atoms with Gasteiger partial charge in [-0.1, -0.05) is 0 Å². The van der Waals surface area contributed by atoms with Crippen molar-refractivity contribution in [2.45, 2.75) is 51.2 Å². The molecule has 2 N–H and O–H groups in total. The summed E-state index contributed by atoms with van der Waals surface area (Å²) in [6.07, 6.45) is 0.811. The molecule has 0 aromatic carbocycles. The fraction of sp³-hybridized carbons (Fsp3) is 0.556. The molecule has 4 rings (SSSR count). The van der Waals surface area contributed by atoms with Gasteiger partial charge in [-0.3, -0.25) is 4.68 Å². The highest BCUT2D eigenvalue weighted by Crippen LogP contribution is 2.56. The van der Waals surface area contributed by atoms with Crippen molar-refractivity contribution in [2.75, 3.05) is 17.2 Å². The van der Waals surface area contributed by atoms with Crippen LogP contribution in [0, 0.1) is 16.7 Å². The van der Waals surface area contributed by atoms with E-state index in [0.717, 1.165) is 31.2 Å². The predicted molar refractivity (Wildman–Crippen MR) is 96.1 cm³/mol. The zero-order valence-corrected chi connectivity index (χ0v) is 15.5. The van der Waals surface area contributed by atoms with Gasteiger partial charge in [-0.15, -0.1) is 0 Å². The van der Waals surface area contributed by atoms with Crippen molar-refractivity contribution in [3.63, 3.8) is 0 Å². The van der Waals surface area contributed by atoms with Gasteiger partial charge in [-0.25, -0.2) is 4.98 Å². The molecule has 7 nitrogen and oxygen atoms in total. The quantitative estimate of drug-likeness (QED) is 0.766. The van der Waals surface area contributed by atoms with Crippen LogP contribution in [0.1, 0.15) is 56.3 Å². The predicted octanol–water partition coefficient (Wildman–Crippen LogP) is 4.22. The number of alkyl halides is 3. The van der Waals surface area contributed by atoms with E-state index in [1.807, 2.05) is 6.92 Å². The smallest absolute Gasteiger partial charge is 0.370 e. The van der Waals surface area contributed by atoms with E-state index in [1.165, 1.54) is 0 Å². The van der Waals surface area contributed by atoms with E-state index in [9.17, 15) is 18.4 Å². The number of aromatic nitrogens is 4. The third-order valence-corrected chi connectivity index (χ3v) is 5.18. The van der Waals surface area contributed by atoms with Crippen molar-refractivity contribution in [2.24, 2.45) is 5.41 Å². The Bertz CT molecular complexity index is 942. The van der Waals surface area contributed by atoms with Gasteiger partial charge >= 0.3 is 6.18 Å². The average molecular weight is 391 g/mol. The van der Waals surface area contributed by atoms with Crippen molar-refractivity contribution in [3.05, 3.63) is 23.7 Å². The third kappa shape index (κ3) is 3.37. The van der Waals surface area contributed by atoms with E-state index in [2.05, 4.69) is 31.8 Å². The normalized spacial score (nSPS) is 23.9. The zero-order chi connectivity index (χ0) is 20.1. The molecule has 10 heteroatoms. The SMILES string of the molecule is CCNc1nc(Nc2cn(C3C[C@@]3(C)C#N)nc2C2CC2)ncc1C(F)(F)F. The molecule has 28 heavy (non-hydrogen) atoms. The van der Waals surface area contributed by atoms with Gasteiger partial charge in [0.2, 0.25) is 5.95 Å². The van der Waals surface area contributed by atoms with E-state index in [4.69, 9.17) is 0 Å². The van der Waals surface area contributed by atoms with Crippen molar-refractivity contribution >= 4 is 17.5 Å². The molecule has 2 aromatic heterocycles. The summed E-state index contributed by atoms with van der Waals surface area (Å²) < 4.78 is 41.2. The van der Waals surface area contributed by atoms with Gasteiger partial charge in [0.25, 0.3) is 0 Å². The lowest BCUT2D eigenvalue weighted by molar-refractivity contribution is -0.137. The number of nitrogens with one attached hydrogen (secondary N) is 2. The molecule has 0 saturated heterocycles. The molecule has 2 atom stereocenters. The Hall–Kier alpha value is -2.83. The van der Waals surface area contributed by atoms with Crippen LogP contribution in [0.3, 0.4) is 0 Å². The number of nitriles is 1. The van der Waals surface area contributed by atoms with E-state index in [1.54, 1.807) is 17.8 Å². The number of nitrogens with zero attached hydrogens (tertiary/aromatic N) is 5. The van der Waals surface area contributed by atoms with Crippen LogP contribution in [0.25, 0.3) is 0 Å². The first kappa shape index (κ1) is 18.5. The highest BCUT2D eigenvalue weighted by atomic mass is 19.4. The number of anilines is 3. The summed E-state index contributed by atoms with van der Waals surface area (Å²) in [4.78, 5) is 7.86. The standard InChI is InChI=1S/C18H20F3N7/c1-3-23-15-11(18(19,20)21)7-24-16(26-15)25-12-8-28(13-6-17(13,2)9-22)27-14(12)10-4-5-10/h7-8,10,13H,3-6H2,1-2H3,(H2,23,24,25,26)/t13?,17-/m0/s1. The highest BCUT2D eigenvalue weighted by molar-refractivity contribution is 5.59. The Morgan fingerprint density at radius 3 is 2.71 bits per heavy atom. The monoisotopic (exact) mass is 391 g/mol. The second-order valence-electron chi connectivity index (χ2n) is 7.54. The number of hydrogen-bond acceptors (Lipinski definition) is 6. The Kier molecular flexibility index (Phi) is 4.21. The Morgan fingerprint density at radius 1 is 1.39 bits per heavy atom. The lowest BCUT2D eigenvalue weighted by atomic mass is 10.2. The largest absolute Gasteiger partial charge is 0.421 e. The molecule has 1 unspecified atom stereocenters. The first-order valence-electron chi connectivity index (χ1n) is 9.20. The summed E-state index contributed by atoms with van der Waals surface area (Å²) in [5.74, 6) is 0.134. The van der Waals surface area contributed by atoms with Gasteiger partial charge in [0.05, 0.1) is 28.9 Å². The Labute approximate surface area is 160 Å². The van der Waals surface area contributed by atoms with Crippen molar-refractivity contribution in [1.82, 2.24) is 19.7 Å². The zero-order valence-electron chi connectivity index (χ0n) is 15.5. The lowest BCUT2D eigenvalue weighted by Crippen LogP contribution is -2.14. The van der Waals surface area contributed by atoms with Crippen LogP contribution < -0.4 is 10.6 Å². The Balaban J connectivity index is 1.63. The summed E-state index contributed by atoms with van der Waals surface area (Å²) in [5, 5.41) is 19.6. The Morgan fingerprint density at radius 2 is 2.14 bits per heavy atom. The fourth-order valence-corrected chi connectivity index (χ4v) is 3.24. The van der Waals surface area contributed by atoms with E-state index in [0.29, 0.717) is 18.2 Å². The minimum atomic E-state index is -4.53. The maximum atomic E-state index is 13.1. The average Bonchev–Trinajstić information content (AvgIpc) is 3.54. The maximum absolute atomic E-state index is 13.1. The first-order valence-corrected chi connectivity index (χ1v) is 9.20. The fourth-order valence-electron chi connectivity index (χ4n) is 3.24. The summed E-state index contributed by atoms with van der Waals surface area (Å²) in [7, 11) is 0. The number of rotatable bonds is 6. The van der Waals surface area contributed by atoms with Gasteiger partial charge in [0, 0.05) is 24.9 Å². The van der Waals surface area contributed by atoms with Crippen LogP contribution in [-0.2, 0) is 6.18 Å². The maximum Gasteiger partial charge on any atom is 0.421 e. The molecule has 0 amide bonds. The number of halogens is 3. The van der Waals surface area contributed by atoms with Crippen LogP contribution in [0.2, 0.25) is 0 Å². The molecule has 2 aromatic rings. The van der Waals surface area contributed by atoms with Gasteiger partial charge in [-0.05, 0) is 33.1 Å². The molecule has 148 valence electrons. The summed E-state index contributed by atoms with van der Waals surface area (Å²) in [6.45, 7) is 3.90. The molecule has 0 bridgehead atoms. The molecule has 0 spiro atoms. The van der Waals surface area contributed by atoms with E-state index < -0.39 is 17.2 Å². The molecular formula is C18H20F3N7. The van der Waals surface area contributed by atoms with Crippen LogP contribution in [0.15, 0.2) is 12.4 Å². The van der Waals surface area contributed by atoms with Crippen molar-refractivity contribution in [3.8, 4) is 6.07 Å². The van der Waals surface area contributed by atoms with Gasteiger partial charge in [-0.2, -0.15) is 28.5 Å². The highest BCUT2D eigenvalue weighted by Gasteiger charge is 2.53. The van der Waals surface area contributed by atoms with Crippen LogP contribution in [-0.4, -0.2) is 26.3 Å². The third-order valence-electron chi connectivity index (χ3n) is 5.18.